The molecule has 0 N–H and O–H groups in total. The molecule has 0 spiro atoms. The first-order valence-corrected chi connectivity index (χ1v) is 8.80. The van der Waals surface area contributed by atoms with Gasteiger partial charge in [-0.15, -0.1) is 0 Å². The number of pyridine rings is 1. The summed E-state index contributed by atoms with van der Waals surface area (Å²) in [6.45, 7) is 0. The lowest BCUT2D eigenvalue weighted by molar-refractivity contribution is 1.18. The van der Waals surface area contributed by atoms with E-state index in [1.54, 1.807) is 12.3 Å². The Balaban J connectivity index is 1.74. The number of hydrogen-bond acceptors (Lipinski definition) is 2. The van der Waals surface area contributed by atoms with Crippen molar-refractivity contribution >= 4 is 21.8 Å². The van der Waals surface area contributed by atoms with Gasteiger partial charge in [0.15, 0.2) is 0 Å². The Hall–Kier alpha value is -3.90. The molecule has 0 saturated carbocycles. The van der Waals surface area contributed by atoms with E-state index in [4.69, 9.17) is 5.26 Å². The molecule has 3 heteroatoms. The van der Waals surface area contributed by atoms with Gasteiger partial charge < -0.3 is 4.57 Å². The number of nitrogens with zero attached hydrogens (tertiary/aromatic N) is 3. The van der Waals surface area contributed by atoms with Crippen LogP contribution in [0.5, 0.6) is 0 Å². The maximum atomic E-state index is 8.98. The average molecular weight is 345 g/mol. The molecule has 0 bridgehead atoms. The fourth-order valence-electron chi connectivity index (χ4n) is 3.64. The van der Waals surface area contributed by atoms with Crippen molar-refractivity contribution in [1.29, 1.82) is 5.26 Å². The van der Waals surface area contributed by atoms with Gasteiger partial charge in [0.1, 0.15) is 6.07 Å². The zero-order chi connectivity index (χ0) is 18.2. The SMILES string of the molecule is N#Cc1ccc(-c2cccc(-n3c4ccccc4c4ccccc43)c2)nc1. The van der Waals surface area contributed by atoms with Crippen molar-refractivity contribution < 1.29 is 0 Å². The summed E-state index contributed by atoms with van der Waals surface area (Å²) in [6.07, 6.45) is 1.61. The molecule has 3 aromatic carbocycles. The molecule has 27 heavy (non-hydrogen) atoms. The molecule has 5 aromatic rings. The van der Waals surface area contributed by atoms with Crippen LogP contribution in [0.4, 0.5) is 0 Å². The number of para-hydroxylation sites is 2. The zero-order valence-electron chi connectivity index (χ0n) is 14.5. The Bertz CT molecular complexity index is 1270. The minimum atomic E-state index is 0.567. The molecular weight excluding hydrogens is 330 g/mol. The number of nitriles is 1. The number of fused-ring (bicyclic) bond motifs is 3. The van der Waals surface area contributed by atoms with E-state index < -0.39 is 0 Å². The zero-order valence-corrected chi connectivity index (χ0v) is 14.5. The predicted molar refractivity (Wildman–Crippen MR) is 109 cm³/mol. The van der Waals surface area contributed by atoms with Crippen LogP contribution in [0.25, 0.3) is 38.8 Å². The molecular formula is C24H15N3. The Labute approximate surface area is 156 Å². The molecule has 0 saturated heterocycles. The van der Waals surface area contributed by atoms with Gasteiger partial charge in [-0.3, -0.25) is 4.98 Å². The fraction of sp³-hybridized carbons (Fsp3) is 0. The first kappa shape index (κ1) is 15.4. The van der Waals surface area contributed by atoms with Crippen LogP contribution >= 0.6 is 0 Å². The second kappa shape index (κ2) is 6.12. The molecule has 0 fully saturated rings. The molecule has 0 atom stereocenters. The van der Waals surface area contributed by atoms with Crippen molar-refractivity contribution in [3.8, 4) is 23.0 Å². The van der Waals surface area contributed by atoms with Crippen LogP contribution in [-0.2, 0) is 0 Å². The molecule has 0 radical (unpaired) electrons. The van der Waals surface area contributed by atoms with Crippen LogP contribution in [0.1, 0.15) is 5.56 Å². The van der Waals surface area contributed by atoms with E-state index in [1.807, 2.05) is 18.2 Å². The van der Waals surface area contributed by atoms with Crippen molar-refractivity contribution in [2.45, 2.75) is 0 Å². The summed E-state index contributed by atoms with van der Waals surface area (Å²) in [4.78, 5) is 4.44. The lowest BCUT2D eigenvalue weighted by Crippen LogP contribution is -1.94. The van der Waals surface area contributed by atoms with E-state index in [0.717, 1.165) is 16.9 Å². The summed E-state index contributed by atoms with van der Waals surface area (Å²) < 4.78 is 2.29. The van der Waals surface area contributed by atoms with Gasteiger partial charge in [-0.1, -0.05) is 48.5 Å². The summed E-state index contributed by atoms with van der Waals surface area (Å²) in [5, 5.41) is 11.5. The third kappa shape index (κ3) is 2.47. The first-order valence-electron chi connectivity index (χ1n) is 8.80. The van der Waals surface area contributed by atoms with Gasteiger partial charge in [-0.25, -0.2) is 0 Å². The molecule has 0 aliphatic heterocycles. The Morgan fingerprint density at radius 3 is 2.07 bits per heavy atom. The van der Waals surface area contributed by atoms with Crippen molar-refractivity contribution in [1.82, 2.24) is 9.55 Å². The number of rotatable bonds is 2. The smallest absolute Gasteiger partial charge is 0.101 e. The predicted octanol–water partition coefficient (Wildman–Crippen LogP) is 5.72. The molecule has 0 unspecified atom stereocenters. The summed E-state index contributed by atoms with van der Waals surface area (Å²) in [5.41, 5.74) is 5.91. The van der Waals surface area contributed by atoms with Crippen molar-refractivity contribution in [3.63, 3.8) is 0 Å². The van der Waals surface area contributed by atoms with Crippen LogP contribution in [0, 0.1) is 11.3 Å². The normalized spacial score (nSPS) is 10.9. The average Bonchev–Trinajstić information content (AvgIpc) is 3.08. The Kier molecular flexibility index (Phi) is 3.48. The fourth-order valence-corrected chi connectivity index (χ4v) is 3.64. The van der Waals surface area contributed by atoms with Crippen LogP contribution < -0.4 is 0 Å². The molecule has 2 aromatic heterocycles. The van der Waals surface area contributed by atoms with Crippen LogP contribution in [0.2, 0.25) is 0 Å². The summed E-state index contributed by atoms with van der Waals surface area (Å²) in [6, 6.07) is 31.1. The van der Waals surface area contributed by atoms with Crippen LogP contribution in [0.15, 0.2) is 91.1 Å². The lowest BCUT2D eigenvalue weighted by Gasteiger charge is -2.10. The highest BCUT2D eigenvalue weighted by Gasteiger charge is 2.12. The highest BCUT2D eigenvalue weighted by molar-refractivity contribution is 6.09. The van der Waals surface area contributed by atoms with E-state index in [0.29, 0.717) is 5.56 Å². The van der Waals surface area contributed by atoms with Crippen LogP contribution in [-0.4, -0.2) is 9.55 Å². The first-order chi connectivity index (χ1) is 13.3. The topological polar surface area (TPSA) is 41.6 Å². The van der Waals surface area contributed by atoms with Gasteiger partial charge in [-0.05, 0) is 36.4 Å². The summed E-state index contributed by atoms with van der Waals surface area (Å²) in [7, 11) is 0. The van der Waals surface area contributed by atoms with Gasteiger partial charge in [0.25, 0.3) is 0 Å². The minimum absolute atomic E-state index is 0.567. The molecule has 0 aliphatic rings. The van der Waals surface area contributed by atoms with Gasteiger partial charge in [0, 0.05) is 28.2 Å². The third-order valence-corrected chi connectivity index (χ3v) is 4.87. The van der Waals surface area contributed by atoms with E-state index >= 15 is 0 Å². The molecule has 0 aliphatic carbocycles. The van der Waals surface area contributed by atoms with Gasteiger partial charge in [-0.2, -0.15) is 5.26 Å². The molecule has 2 heterocycles. The minimum Gasteiger partial charge on any atom is -0.309 e. The van der Waals surface area contributed by atoms with Crippen molar-refractivity contribution in [3.05, 3.63) is 96.7 Å². The second-order valence-electron chi connectivity index (χ2n) is 6.46. The number of aromatic nitrogens is 2. The quantitative estimate of drug-likeness (QED) is 0.411. The molecule has 3 nitrogen and oxygen atoms in total. The van der Waals surface area contributed by atoms with Crippen molar-refractivity contribution in [2.24, 2.45) is 0 Å². The third-order valence-electron chi connectivity index (χ3n) is 4.87. The maximum absolute atomic E-state index is 8.98. The standard InChI is InChI=1S/C24H15N3/c25-15-17-12-13-22(26-16-17)18-6-5-7-19(14-18)27-23-10-3-1-8-20(23)21-9-2-4-11-24(21)27/h1-14,16H. The second-order valence-corrected chi connectivity index (χ2v) is 6.46. The molecule has 126 valence electrons. The van der Waals surface area contributed by atoms with Gasteiger partial charge in [0.05, 0.1) is 22.3 Å². The number of hydrogen-bond donors (Lipinski definition) is 0. The van der Waals surface area contributed by atoms with E-state index in [-0.39, 0.29) is 0 Å². The van der Waals surface area contributed by atoms with Crippen molar-refractivity contribution in [2.75, 3.05) is 0 Å². The van der Waals surface area contributed by atoms with E-state index in [2.05, 4.69) is 76.3 Å². The maximum Gasteiger partial charge on any atom is 0.101 e. The number of benzene rings is 3. The molecule has 5 rings (SSSR count). The monoisotopic (exact) mass is 345 g/mol. The Morgan fingerprint density at radius 1 is 0.741 bits per heavy atom. The van der Waals surface area contributed by atoms with E-state index in [9.17, 15) is 0 Å². The summed E-state index contributed by atoms with van der Waals surface area (Å²) >= 11 is 0. The largest absolute Gasteiger partial charge is 0.309 e. The Morgan fingerprint density at radius 2 is 1.44 bits per heavy atom. The highest BCUT2D eigenvalue weighted by atomic mass is 15.0. The van der Waals surface area contributed by atoms with Gasteiger partial charge in [0.2, 0.25) is 0 Å². The lowest BCUT2D eigenvalue weighted by atomic mass is 10.1. The summed E-state index contributed by atoms with van der Waals surface area (Å²) in [5.74, 6) is 0. The van der Waals surface area contributed by atoms with E-state index in [1.165, 1.54) is 21.8 Å². The van der Waals surface area contributed by atoms with Gasteiger partial charge >= 0.3 is 0 Å². The van der Waals surface area contributed by atoms with Crippen LogP contribution in [0.3, 0.4) is 0 Å². The highest BCUT2D eigenvalue weighted by Crippen LogP contribution is 2.32. The molecule has 0 amide bonds.